The van der Waals surface area contributed by atoms with E-state index in [-0.39, 0.29) is 11.6 Å². The van der Waals surface area contributed by atoms with Crippen molar-refractivity contribution in [2.45, 2.75) is 26.7 Å². The molecule has 2 rings (SSSR count). The Kier molecular flexibility index (Phi) is 3.48. The summed E-state index contributed by atoms with van der Waals surface area (Å²) in [5.74, 6) is 0.197. The van der Waals surface area contributed by atoms with E-state index < -0.39 is 0 Å². The van der Waals surface area contributed by atoms with Gasteiger partial charge in [0.15, 0.2) is 0 Å². The van der Waals surface area contributed by atoms with Gasteiger partial charge < -0.3 is 10.6 Å². The third-order valence-corrected chi connectivity index (χ3v) is 3.78. The Labute approximate surface area is 112 Å². The van der Waals surface area contributed by atoms with Gasteiger partial charge in [-0.05, 0) is 30.4 Å². The summed E-state index contributed by atoms with van der Waals surface area (Å²) in [6.07, 6.45) is 2.00. The number of carbonyl (C=O) groups is 1. The van der Waals surface area contributed by atoms with Crippen molar-refractivity contribution >= 4 is 23.3 Å². The van der Waals surface area contributed by atoms with Crippen LogP contribution in [0.5, 0.6) is 0 Å². The average Bonchev–Trinajstić information content (AvgIpc) is 2.31. The zero-order valence-corrected chi connectivity index (χ0v) is 11.5. The number of nitrogens with zero attached hydrogens (tertiary/aromatic N) is 2. The van der Waals surface area contributed by atoms with E-state index in [4.69, 9.17) is 17.3 Å². The summed E-state index contributed by atoms with van der Waals surface area (Å²) < 4.78 is 0. The molecule has 0 aliphatic carbocycles. The van der Waals surface area contributed by atoms with Crippen LogP contribution in [-0.2, 0) is 0 Å². The Morgan fingerprint density at radius 1 is 1.39 bits per heavy atom. The first-order valence-corrected chi connectivity index (χ1v) is 6.48. The van der Waals surface area contributed by atoms with Gasteiger partial charge in [0.1, 0.15) is 11.5 Å². The largest absolute Gasteiger partial charge is 0.384 e. The lowest BCUT2D eigenvalue weighted by Crippen LogP contribution is -2.41. The van der Waals surface area contributed by atoms with Crippen LogP contribution in [0.25, 0.3) is 0 Å². The molecular formula is C13H18ClN3O. The van der Waals surface area contributed by atoms with Gasteiger partial charge in [0, 0.05) is 13.1 Å². The van der Waals surface area contributed by atoms with Gasteiger partial charge in [-0.3, -0.25) is 4.79 Å². The summed E-state index contributed by atoms with van der Waals surface area (Å²) in [5, 5.41) is 0.360. The highest BCUT2D eigenvalue weighted by molar-refractivity contribution is 6.33. The number of rotatable bonds is 1. The van der Waals surface area contributed by atoms with Gasteiger partial charge in [0.05, 0.1) is 5.02 Å². The van der Waals surface area contributed by atoms with Crippen LogP contribution < -0.4 is 5.73 Å². The van der Waals surface area contributed by atoms with Crippen molar-refractivity contribution in [3.63, 3.8) is 0 Å². The Bertz CT molecular complexity index is 463. The zero-order chi connectivity index (χ0) is 13.3. The van der Waals surface area contributed by atoms with Crippen molar-refractivity contribution in [3.05, 3.63) is 22.8 Å². The van der Waals surface area contributed by atoms with Gasteiger partial charge in [-0.1, -0.05) is 25.4 Å². The van der Waals surface area contributed by atoms with E-state index in [2.05, 4.69) is 18.8 Å². The lowest BCUT2D eigenvalue weighted by atomic mass is 9.82. The van der Waals surface area contributed by atoms with Gasteiger partial charge in [-0.2, -0.15) is 0 Å². The number of nitrogen functional groups attached to an aromatic ring is 1. The smallest absolute Gasteiger partial charge is 0.274 e. The molecular weight excluding hydrogens is 250 g/mol. The minimum Gasteiger partial charge on any atom is -0.384 e. The van der Waals surface area contributed by atoms with Gasteiger partial charge in [0.25, 0.3) is 5.91 Å². The SMILES string of the molecule is CC1(C)CCN(C(=O)c2nc(N)ccc2Cl)CC1. The highest BCUT2D eigenvalue weighted by atomic mass is 35.5. The highest BCUT2D eigenvalue weighted by Gasteiger charge is 2.29. The Morgan fingerprint density at radius 3 is 2.61 bits per heavy atom. The number of halogens is 1. The van der Waals surface area contributed by atoms with E-state index >= 15 is 0 Å². The summed E-state index contributed by atoms with van der Waals surface area (Å²) >= 11 is 6.00. The second-order valence-electron chi connectivity index (χ2n) is 5.52. The van der Waals surface area contributed by atoms with Crippen molar-refractivity contribution < 1.29 is 4.79 Å². The maximum Gasteiger partial charge on any atom is 0.274 e. The Hall–Kier alpha value is -1.29. The van der Waals surface area contributed by atoms with Crippen LogP contribution in [0.4, 0.5) is 5.82 Å². The van der Waals surface area contributed by atoms with Gasteiger partial charge in [0.2, 0.25) is 0 Å². The quantitative estimate of drug-likeness (QED) is 0.851. The molecule has 0 unspecified atom stereocenters. The van der Waals surface area contributed by atoms with E-state index in [0.717, 1.165) is 25.9 Å². The van der Waals surface area contributed by atoms with E-state index in [9.17, 15) is 4.79 Å². The minimum absolute atomic E-state index is 0.122. The predicted molar refractivity (Wildman–Crippen MR) is 72.6 cm³/mol. The molecule has 5 heteroatoms. The minimum atomic E-state index is -0.122. The molecule has 1 aliphatic rings. The molecule has 0 spiro atoms. The van der Waals surface area contributed by atoms with Crippen molar-refractivity contribution in [3.8, 4) is 0 Å². The lowest BCUT2D eigenvalue weighted by Gasteiger charge is -2.36. The third kappa shape index (κ3) is 2.75. The number of pyridine rings is 1. The fraction of sp³-hybridized carbons (Fsp3) is 0.538. The average molecular weight is 268 g/mol. The van der Waals surface area contributed by atoms with E-state index in [1.807, 2.05) is 0 Å². The molecule has 0 aromatic carbocycles. The second kappa shape index (κ2) is 4.76. The topological polar surface area (TPSA) is 59.2 Å². The molecule has 0 radical (unpaired) electrons. The molecule has 1 aromatic heterocycles. The number of nitrogens with two attached hydrogens (primary N) is 1. The van der Waals surface area contributed by atoms with Gasteiger partial charge >= 0.3 is 0 Å². The summed E-state index contributed by atoms with van der Waals surface area (Å²) in [7, 11) is 0. The standard InChI is InChI=1S/C13H18ClN3O/c1-13(2)5-7-17(8-6-13)12(18)11-9(14)3-4-10(15)16-11/h3-4H,5-8H2,1-2H3,(H2,15,16). The first-order valence-electron chi connectivity index (χ1n) is 6.10. The number of anilines is 1. The number of aromatic nitrogens is 1. The van der Waals surface area contributed by atoms with Crippen LogP contribution >= 0.6 is 11.6 Å². The fourth-order valence-corrected chi connectivity index (χ4v) is 2.26. The summed E-state index contributed by atoms with van der Waals surface area (Å²) in [5.41, 5.74) is 6.17. The van der Waals surface area contributed by atoms with Crippen molar-refractivity contribution in [1.29, 1.82) is 0 Å². The maximum atomic E-state index is 12.3. The summed E-state index contributed by atoms with van der Waals surface area (Å²) in [4.78, 5) is 18.2. The second-order valence-corrected chi connectivity index (χ2v) is 5.93. The summed E-state index contributed by atoms with van der Waals surface area (Å²) in [6.45, 7) is 5.94. The van der Waals surface area contributed by atoms with E-state index in [1.165, 1.54) is 0 Å². The van der Waals surface area contributed by atoms with Crippen LogP contribution in [0.2, 0.25) is 5.02 Å². The van der Waals surface area contributed by atoms with E-state index in [0.29, 0.717) is 16.3 Å². The van der Waals surface area contributed by atoms with E-state index in [1.54, 1.807) is 17.0 Å². The lowest BCUT2D eigenvalue weighted by molar-refractivity contribution is 0.0625. The number of piperidine rings is 1. The van der Waals surface area contributed by atoms with Crippen molar-refractivity contribution in [2.75, 3.05) is 18.8 Å². The van der Waals surface area contributed by atoms with Gasteiger partial charge in [-0.25, -0.2) is 4.98 Å². The zero-order valence-electron chi connectivity index (χ0n) is 10.7. The normalized spacial score (nSPS) is 18.7. The molecule has 0 atom stereocenters. The molecule has 2 N–H and O–H groups in total. The first kappa shape index (κ1) is 13.1. The number of hydrogen-bond acceptors (Lipinski definition) is 3. The number of carbonyl (C=O) groups excluding carboxylic acids is 1. The number of amides is 1. The van der Waals surface area contributed by atoms with Crippen LogP contribution in [-0.4, -0.2) is 28.9 Å². The van der Waals surface area contributed by atoms with Crippen molar-refractivity contribution in [2.24, 2.45) is 5.41 Å². The van der Waals surface area contributed by atoms with Crippen LogP contribution in [0.3, 0.4) is 0 Å². The third-order valence-electron chi connectivity index (χ3n) is 3.47. The molecule has 1 saturated heterocycles. The molecule has 0 bridgehead atoms. The molecule has 2 heterocycles. The molecule has 1 amide bonds. The molecule has 1 aromatic rings. The van der Waals surface area contributed by atoms with Crippen LogP contribution in [0.15, 0.2) is 12.1 Å². The first-order chi connectivity index (χ1) is 8.39. The maximum absolute atomic E-state index is 12.3. The molecule has 4 nitrogen and oxygen atoms in total. The van der Waals surface area contributed by atoms with Crippen molar-refractivity contribution in [1.82, 2.24) is 9.88 Å². The molecule has 0 saturated carbocycles. The van der Waals surface area contributed by atoms with Gasteiger partial charge in [-0.15, -0.1) is 0 Å². The predicted octanol–water partition coefficient (Wildman–Crippen LogP) is 2.58. The number of hydrogen-bond donors (Lipinski definition) is 1. The molecule has 18 heavy (non-hydrogen) atoms. The molecule has 1 aliphatic heterocycles. The summed E-state index contributed by atoms with van der Waals surface area (Å²) in [6, 6.07) is 3.21. The van der Waals surface area contributed by atoms with Crippen LogP contribution in [0, 0.1) is 5.41 Å². The Morgan fingerprint density at radius 2 is 2.00 bits per heavy atom. The number of likely N-dealkylation sites (tertiary alicyclic amines) is 1. The fourth-order valence-electron chi connectivity index (χ4n) is 2.07. The molecule has 98 valence electrons. The van der Waals surface area contributed by atoms with Crippen LogP contribution in [0.1, 0.15) is 37.2 Å². The molecule has 1 fully saturated rings. The monoisotopic (exact) mass is 267 g/mol. The Balaban J connectivity index is 2.15. The highest BCUT2D eigenvalue weighted by Crippen LogP contribution is 2.30.